The van der Waals surface area contributed by atoms with Gasteiger partial charge in [-0.2, -0.15) is 0 Å². The lowest BCUT2D eigenvalue weighted by atomic mass is 10.5. The lowest BCUT2D eigenvalue weighted by molar-refractivity contribution is 0.229. The number of amides is 2. The van der Waals surface area contributed by atoms with Gasteiger partial charge in [-0.25, -0.2) is 9.79 Å². The van der Waals surface area contributed by atoms with Gasteiger partial charge >= 0.3 is 6.03 Å². The van der Waals surface area contributed by atoms with Crippen LogP contribution in [-0.4, -0.2) is 24.7 Å². The van der Waals surface area contributed by atoms with Crippen molar-refractivity contribution in [2.75, 3.05) is 7.05 Å². The van der Waals surface area contributed by atoms with Gasteiger partial charge in [0.1, 0.15) is 0 Å². The minimum Gasteiger partial charge on any atom is -0.300 e. The Morgan fingerprint density at radius 2 is 1.82 bits per heavy atom. The number of rotatable bonds is 1. The molecule has 0 fully saturated rings. The summed E-state index contributed by atoms with van der Waals surface area (Å²) >= 11 is 0. The molecular weight excluding hydrogens is 140 g/mol. The third-order valence-electron chi connectivity index (χ3n) is 0.995. The number of nitrogens with zero attached hydrogens (tertiary/aromatic N) is 2. The van der Waals surface area contributed by atoms with Crippen LogP contribution in [0.3, 0.4) is 0 Å². The quantitative estimate of drug-likeness (QED) is 0.536. The molecule has 0 unspecified atom stereocenters. The van der Waals surface area contributed by atoms with E-state index in [4.69, 9.17) is 0 Å². The van der Waals surface area contributed by atoms with Crippen LogP contribution in [0.25, 0.3) is 0 Å². The van der Waals surface area contributed by atoms with Gasteiger partial charge in [0, 0.05) is 12.7 Å². The van der Waals surface area contributed by atoms with E-state index < -0.39 is 0 Å². The molecule has 0 aliphatic carbocycles. The zero-order chi connectivity index (χ0) is 9.44. The molecule has 0 heterocycles. The second-order valence-electron chi connectivity index (χ2n) is 1.73. The summed E-state index contributed by atoms with van der Waals surface area (Å²) in [6.45, 7) is 12.3. The molecule has 0 atom stereocenters. The Balaban J connectivity index is 0. The third kappa shape index (κ3) is 5.33. The molecule has 0 aliphatic heterocycles. The molecule has 3 nitrogen and oxygen atoms in total. The van der Waals surface area contributed by atoms with Gasteiger partial charge in [-0.1, -0.05) is 20.4 Å². The summed E-state index contributed by atoms with van der Waals surface area (Å²) in [6.07, 6.45) is 0. The summed E-state index contributed by atoms with van der Waals surface area (Å²) in [4.78, 5) is 15.1. The third-order valence-corrected chi connectivity index (χ3v) is 0.995. The number of allylic oxidation sites excluding steroid dienone is 1. The molecule has 0 spiro atoms. The lowest BCUT2D eigenvalue weighted by Crippen LogP contribution is -2.20. The average Bonchev–Trinajstić information content (AvgIpc) is 2.05. The summed E-state index contributed by atoms with van der Waals surface area (Å²) in [6, 6.07) is -0.373. The molecule has 0 aromatic rings. The number of carbonyl (C=O) groups is 1. The second-order valence-corrected chi connectivity index (χ2v) is 1.73. The van der Waals surface area contributed by atoms with Crippen molar-refractivity contribution in [1.82, 2.24) is 4.90 Å². The summed E-state index contributed by atoms with van der Waals surface area (Å²) < 4.78 is 0. The van der Waals surface area contributed by atoms with Crippen molar-refractivity contribution in [3.8, 4) is 0 Å². The first-order valence-corrected chi connectivity index (χ1v) is 3.49. The fourth-order valence-corrected chi connectivity index (χ4v) is 0.269. The van der Waals surface area contributed by atoms with E-state index in [1.165, 1.54) is 4.90 Å². The van der Waals surface area contributed by atoms with Gasteiger partial charge in [0.2, 0.25) is 0 Å². The standard InChI is InChI=1S/C6H10N2O.C2H6/c1-5(2)8(4)6(9)7-3;1-2/h1,3H2,2,4H3;1-2H3. The van der Waals surface area contributed by atoms with Gasteiger partial charge in [0.25, 0.3) is 0 Å². The molecule has 11 heavy (non-hydrogen) atoms. The normalized spacial score (nSPS) is 7.27. The highest BCUT2D eigenvalue weighted by Crippen LogP contribution is 1.97. The van der Waals surface area contributed by atoms with Crippen LogP contribution in [0, 0.1) is 0 Å². The Bertz CT molecular complexity index is 152. The van der Waals surface area contributed by atoms with Crippen LogP contribution in [-0.2, 0) is 0 Å². The molecule has 0 N–H and O–H groups in total. The molecule has 0 aromatic heterocycles. The van der Waals surface area contributed by atoms with Gasteiger partial charge in [0.05, 0.1) is 0 Å². The SMILES string of the molecule is C=NC(=O)N(C)C(=C)C.CC. The summed E-state index contributed by atoms with van der Waals surface area (Å²) in [5, 5.41) is 0. The molecule has 0 aromatic carbocycles. The van der Waals surface area contributed by atoms with E-state index in [0.29, 0.717) is 5.70 Å². The minimum atomic E-state index is -0.373. The Hall–Kier alpha value is -1.12. The van der Waals surface area contributed by atoms with E-state index in [2.05, 4.69) is 18.3 Å². The van der Waals surface area contributed by atoms with Gasteiger partial charge in [-0.3, -0.25) is 0 Å². The summed E-state index contributed by atoms with van der Waals surface area (Å²) in [5.41, 5.74) is 0.660. The topological polar surface area (TPSA) is 32.7 Å². The second kappa shape index (κ2) is 6.99. The maximum absolute atomic E-state index is 10.6. The number of hydrogen-bond donors (Lipinski definition) is 0. The van der Waals surface area contributed by atoms with Crippen LogP contribution in [0.15, 0.2) is 17.3 Å². The highest BCUT2D eigenvalue weighted by molar-refractivity contribution is 5.80. The van der Waals surface area contributed by atoms with Gasteiger partial charge in [-0.05, 0) is 13.6 Å². The van der Waals surface area contributed by atoms with Crippen molar-refractivity contribution in [3.63, 3.8) is 0 Å². The van der Waals surface area contributed by atoms with Crippen LogP contribution in [0.4, 0.5) is 4.79 Å². The predicted molar refractivity (Wildman–Crippen MR) is 48.9 cm³/mol. The maximum Gasteiger partial charge on any atom is 0.346 e. The maximum atomic E-state index is 10.6. The highest BCUT2D eigenvalue weighted by Gasteiger charge is 2.03. The number of hydrogen-bond acceptors (Lipinski definition) is 1. The zero-order valence-electron chi connectivity index (χ0n) is 7.72. The fraction of sp³-hybridized carbons (Fsp3) is 0.500. The summed E-state index contributed by atoms with van der Waals surface area (Å²) in [7, 11) is 1.60. The van der Waals surface area contributed by atoms with Crippen LogP contribution >= 0.6 is 0 Å². The van der Waals surface area contributed by atoms with Gasteiger partial charge in [-0.15, -0.1) is 0 Å². The molecule has 0 rings (SSSR count). The Morgan fingerprint density at radius 1 is 1.45 bits per heavy atom. The van der Waals surface area contributed by atoms with Crippen molar-refractivity contribution >= 4 is 12.7 Å². The first-order valence-electron chi connectivity index (χ1n) is 3.49. The van der Waals surface area contributed by atoms with Gasteiger partial charge in [0.15, 0.2) is 0 Å². The fourth-order valence-electron chi connectivity index (χ4n) is 0.269. The first-order chi connectivity index (χ1) is 5.09. The Kier molecular flexibility index (Phi) is 7.98. The van der Waals surface area contributed by atoms with Crippen LogP contribution in [0.1, 0.15) is 20.8 Å². The molecule has 2 amide bonds. The highest BCUT2D eigenvalue weighted by atomic mass is 16.2. The van der Waals surface area contributed by atoms with Crippen LogP contribution < -0.4 is 0 Å². The molecule has 64 valence electrons. The smallest absolute Gasteiger partial charge is 0.300 e. The molecule has 3 heteroatoms. The number of carbonyl (C=O) groups excluding carboxylic acids is 1. The van der Waals surface area contributed by atoms with E-state index in [9.17, 15) is 4.79 Å². The molecule has 0 aliphatic rings. The van der Waals surface area contributed by atoms with E-state index >= 15 is 0 Å². The van der Waals surface area contributed by atoms with Crippen molar-refractivity contribution < 1.29 is 4.79 Å². The Labute approximate surface area is 68.4 Å². The predicted octanol–water partition coefficient (Wildman–Crippen LogP) is 2.30. The van der Waals surface area contributed by atoms with E-state index in [1.54, 1.807) is 14.0 Å². The molecule has 0 radical (unpaired) electrons. The first kappa shape index (κ1) is 12.5. The van der Waals surface area contributed by atoms with Crippen LogP contribution in [0.5, 0.6) is 0 Å². The van der Waals surface area contributed by atoms with Crippen molar-refractivity contribution in [3.05, 3.63) is 12.3 Å². The van der Waals surface area contributed by atoms with E-state index in [1.807, 2.05) is 13.8 Å². The average molecular weight is 156 g/mol. The largest absolute Gasteiger partial charge is 0.346 e. The molecular formula is C8H16N2O. The molecule has 0 saturated heterocycles. The Morgan fingerprint density at radius 3 is 1.91 bits per heavy atom. The van der Waals surface area contributed by atoms with Crippen molar-refractivity contribution in [2.24, 2.45) is 4.99 Å². The monoisotopic (exact) mass is 156 g/mol. The van der Waals surface area contributed by atoms with E-state index in [-0.39, 0.29) is 6.03 Å². The van der Waals surface area contributed by atoms with Crippen LogP contribution in [0.2, 0.25) is 0 Å². The van der Waals surface area contributed by atoms with Gasteiger partial charge < -0.3 is 4.90 Å². The lowest BCUT2D eigenvalue weighted by Gasteiger charge is -2.11. The number of aliphatic imine (C=N–C) groups is 1. The minimum absolute atomic E-state index is 0.373. The van der Waals surface area contributed by atoms with E-state index in [0.717, 1.165) is 0 Å². The van der Waals surface area contributed by atoms with Crippen molar-refractivity contribution in [1.29, 1.82) is 0 Å². The zero-order valence-corrected chi connectivity index (χ0v) is 7.72. The molecule has 0 bridgehead atoms. The number of urea groups is 1. The summed E-state index contributed by atoms with van der Waals surface area (Å²) in [5.74, 6) is 0. The molecule has 0 saturated carbocycles. The van der Waals surface area contributed by atoms with Crippen molar-refractivity contribution in [2.45, 2.75) is 20.8 Å².